The second kappa shape index (κ2) is 5.82. The summed E-state index contributed by atoms with van der Waals surface area (Å²) in [7, 11) is 1.26. The van der Waals surface area contributed by atoms with E-state index in [0.29, 0.717) is 5.56 Å². The van der Waals surface area contributed by atoms with Gasteiger partial charge in [-0.2, -0.15) is 0 Å². The summed E-state index contributed by atoms with van der Waals surface area (Å²) in [5.41, 5.74) is 0.492. The highest BCUT2D eigenvalue weighted by Gasteiger charge is 2.31. The first-order chi connectivity index (χ1) is 9.90. The molecule has 110 valence electrons. The van der Waals surface area contributed by atoms with Gasteiger partial charge in [0, 0.05) is 24.0 Å². The summed E-state index contributed by atoms with van der Waals surface area (Å²) in [6.07, 6.45) is -1.91. The molecule has 0 spiro atoms. The van der Waals surface area contributed by atoms with Crippen LogP contribution in [0, 0.1) is 0 Å². The monoisotopic (exact) mass is 297 g/mol. The number of nitrogens with zero attached hydrogens (tertiary/aromatic N) is 1. The third kappa shape index (κ3) is 3.71. The van der Waals surface area contributed by atoms with E-state index in [-0.39, 0.29) is 17.1 Å². The van der Waals surface area contributed by atoms with Crippen LogP contribution in [0.5, 0.6) is 11.5 Å². The number of aromatic nitrogens is 1. The molecular weight excluding hydrogens is 287 g/mol. The summed E-state index contributed by atoms with van der Waals surface area (Å²) in [6.45, 7) is 0. The zero-order valence-corrected chi connectivity index (χ0v) is 10.8. The topological polar surface area (TPSA) is 48.4 Å². The van der Waals surface area contributed by atoms with E-state index in [1.54, 1.807) is 0 Å². The maximum absolute atomic E-state index is 12.3. The Bertz CT molecular complexity index is 642. The number of pyridine rings is 1. The number of methoxy groups -OCH3 is 1. The first kappa shape index (κ1) is 14.8. The zero-order chi connectivity index (χ0) is 15.5. The van der Waals surface area contributed by atoms with Crippen LogP contribution in [0.4, 0.5) is 13.2 Å². The molecule has 21 heavy (non-hydrogen) atoms. The van der Waals surface area contributed by atoms with Crippen molar-refractivity contribution in [1.29, 1.82) is 0 Å². The number of benzene rings is 1. The number of halogens is 3. The Morgan fingerprint density at radius 2 is 1.81 bits per heavy atom. The molecule has 0 bridgehead atoms. The van der Waals surface area contributed by atoms with Crippen molar-refractivity contribution in [2.45, 2.75) is 6.36 Å². The lowest BCUT2D eigenvalue weighted by atomic mass is 10.0. The van der Waals surface area contributed by atoms with Gasteiger partial charge in [0.15, 0.2) is 5.78 Å². The second-order valence-electron chi connectivity index (χ2n) is 3.97. The van der Waals surface area contributed by atoms with Gasteiger partial charge in [-0.05, 0) is 24.3 Å². The molecule has 0 aliphatic rings. The average Bonchev–Trinajstić information content (AvgIpc) is 2.45. The number of rotatable bonds is 4. The van der Waals surface area contributed by atoms with Crippen LogP contribution < -0.4 is 9.47 Å². The van der Waals surface area contributed by atoms with Gasteiger partial charge in [-0.15, -0.1) is 13.2 Å². The normalized spacial score (nSPS) is 11.0. The third-order valence-corrected chi connectivity index (χ3v) is 2.59. The van der Waals surface area contributed by atoms with E-state index < -0.39 is 12.1 Å². The van der Waals surface area contributed by atoms with E-state index in [2.05, 4.69) is 9.72 Å². The van der Waals surface area contributed by atoms with Crippen LogP contribution in [0.2, 0.25) is 0 Å². The van der Waals surface area contributed by atoms with E-state index in [1.807, 2.05) is 0 Å². The smallest absolute Gasteiger partial charge is 0.496 e. The molecule has 0 radical (unpaired) electrons. The molecule has 2 rings (SSSR count). The Balaban J connectivity index is 2.35. The largest absolute Gasteiger partial charge is 0.573 e. The summed E-state index contributed by atoms with van der Waals surface area (Å²) in [6, 6.07) is 6.30. The molecule has 0 unspecified atom stereocenters. The standard InChI is InChI=1S/C14H10F3NO3/c1-20-12-8-10(21-14(15,16)17)2-3-11(12)13(19)9-4-6-18-7-5-9/h2-8H,1H3. The Hall–Kier alpha value is -2.57. The lowest BCUT2D eigenvalue weighted by molar-refractivity contribution is -0.274. The summed E-state index contributed by atoms with van der Waals surface area (Å²) >= 11 is 0. The van der Waals surface area contributed by atoms with Gasteiger partial charge in [0.25, 0.3) is 0 Å². The van der Waals surface area contributed by atoms with Crippen molar-refractivity contribution in [2.75, 3.05) is 7.11 Å². The number of alkyl halides is 3. The minimum Gasteiger partial charge on any atom is -0.496 e. The number of hydrogen-bond acceptors (Lipinski definition) is 4. The van der Waals surface area contributed by atoms with E-state index in [9.17, 15) is 18.0 Å². The second-order valence-corrected chi connectivity index (χ2v) is 3.97. The molecule has 0 aliphatic heterocycles. The van der Waals surface area contributed by atoms with Crippen LogP contribution in [0.15, 0.2) is 42.7 Å². The molecule has 1 aromatic heterocycles. The molecule has 0 N–H and O–H groups in total. The number of ketones is 1. The molecule has 4 nitrogen and oxygen atoms in total. The molecule has 0 aliphatic carbocycles. The van der Waals surface area contributed by atoms with Crippen LogP contribution in [0.3, 0.4) is 0 Å². The van der Waals surface area contributed by atoms with Crippen molar-refractivity contribution in [3.05, 3.63) is 53.9 Å². The van der Waals surface area contributed by atoms with Crippen molar-refractivity contribution in [1.82, 2.24) is 4.98 Å². The van der Waals surface area contributed by atoms with Gasteiger partial charge in [0.1, 0.15) is 11.5 Å². The average molecular weight is 297 g/mol. The first-order valence-electron chi connectivity index (χ1n) is 5.79. The van der Waals surface area contributed by atoms with Crippen molar-refractivity contribution in [3.63, 3.8) is 0 Å². The highest BCUT2D eigenvalue weighted by Crippen LogP contribution is 2.30. The number of hydrogen-bond donors (Lipinski definition) is 0. The molecule has 0 atom stereocenters. The van der Waals surface area contributed by atoms with Gasteiger partial charge >= 0.3 is 6.36 Å². The van der Waals surface area contributed by atoms with Crippen LogP contribution in [-0.2, 0) is 0 Å². The van der Waals surface area contributed by atoms with Gasteiger partial charge in [-0.3, -0.25) is 9.78 Å². The van der Waals surface area contributed by atoms with Crippen molar-refractivity contribution < 1.29 is 27.4 Å². The Morgan fingerprint density at radius 1 is 1.14 bits per heavy atom. The van der Waals surface area contributed by atoms with E-state index >= 15 is 0 Å². The molecule has 1 aromatic carbocycles. The van der Waals surface area contributed by atoms with Gasteiger partial charge in [-0.1, -0.05) is 0 Å². The first-order valence-corrected chi connectivity index (χ1v) is 5.79. The van der Waals surface area contributed by atoms with Gasteiger partial charge in [-0.25, -0.2) is 0 Å². The van der Waals surface area contributed by atoms with Crippen LogP contribution in [0.1, 0.15) is 15.9 Å². The molecule has 0 amide bonds. The molecule has 2 aromatic rings. The third-order valence-electron chi connectivity index (χ3n) is 2.59. The molecule has 7 heteroatoms. The van der Waals surface area contributed by atoms with E-state index in [0.717, 1.165) is 12.1 Å². The maximum atomic E-state index is 12.3. The quantitative estimate of drug-likeness (QED) is 0.813. The summed E-state index contributed by atoms with van der Waals surface area (Å²) < 4.78 is 45.2. The fourth-order valence-corrected chi connectivity index (χ4v) is 1.72. The predicted octanol–water partition coefficient (Wildman–Crippen LogP) is 3.22. The van der Waals surface area contributed by atoms with Gasteiger partial charge in [0.05, 0.1) is 12.7 Å². The molecule has 1 heterocycles. The Morgan fingerprint density at radius 3 is 2.38 bits per heavy atom. The van der Waals surface area contributed by atoms with Gasteiger partial charge < -0.3 is 9.47 Å². The number of carbonyl (C=O) groups is 1. The van der Waals surface area contributed by atoms with Crippen molar-refractivity contribution >= 4 is 5.78 Å². The lowest BCUT2D eigenvalue weighted by Crippen LogP contribution is -2.17. The Kier molecular flexibility index (Phi) is 4.11. The van der Waals surface area contributed by atoms with Crippen LogP contribution >= 0.6 is 0 Å². The van der Waals surface area contributed by atoms with Crippen molar-refractivity contribution in [2.24, 2.45) is 0 Å². The molecular formula is C14H10F3NO3. The van der Waals surface area contributed by atoms with Gasteiger partial charge in [0.2, 0.25) is 0 Å². The molecule has 0 saturated heterocycles. The van der Waals surface area contributed by atoms with Crippen molar-refractivity contribution in [3.8, 4) is 11.5 Å². The van der Waals surface area contributed by atoms with Crippen LogP contribution in [-0.4, -0.2) is 24.2 Å². The van der Waals surface area contributed by atoms with E-state index in [4.69, 9.17) is 4.74 Å². The predicted molar refractivity (Wildman–Crippen MR) is 67.3 cm³/mol. The summed E-state index contributed by atoms with van der Waals surface area (Å²) in [5.74, 6) is -0.836. The maximum Gasteiger partial charge on any atom is 0.573 e. The fourth-order valence-electron chi connectivity index (χ4n) is 1.72. The highest BCUT2D eigenvalue weighted by atomic mass is 19.4. The zero-order valence-electron chi connectivity index (χ0n) is 10.8. The van der Waals surface area contributed by atoms with Crippen LogP contribution in [0.25, 0.3) is 0 Å². The van der Waals surface area contributed by atoms with E-state index in [1.165, 1.54) is 37.7 Å². The highest BCUT2D eigenvalue weighted by molar-refractivity contribution is 6.10. The lowest BCUT2D eigenvalue weighted by Gasteiger charge is -2.12. The number of ether oxygens (including phenoxy) is 2. The Labute approximate surface area is 118 Å². The minimum absolute atomic E-state index is 0.00133. The summed E-state index contributed by atoms with van der Waals surface area (Å²) in [5, 5.41) is 0. The fraction of sp³-hybridized carbons (Fsp3) is 0.143. The SMILES string of the molecule is COc1cc(OC(F)(F)F)ccc1C(=O)c1ccncc1. The number of carbonyl (C=O) groups excluding carboxylic acids is 1. The summed E-state index contributed by atoms with van der Waals surface area (Å²) in [4.78, 5) is 16.0. The molecule has 0 saturated carbocycles. The minimum atomic E-state index is -4.80. The molecule has 0 fully saturated rings.